The molecule has 140 valence electrons. The lowest BCUT2D eigenvalue weighted by Gasteiger charge is -2.35. The first-order valence-corrected chi connectivity index (χ1v) is 9.55. The summed E-state index contributed by atoms with van der Waals surface area (Å²) in [4.78, 5) is 20.0. The van der Waals surface area contributed by atoms with Crippen LogP contribution in [-0.4, -0.2) is 53.4 Å². The van der Waals surface area contributed by atoms with Gasteiger partial charge in [0.2, 0.25) is 0 Å². The van der Waals surface area contributed by atoms with Crippen LogP contribution in [0.5, 0.6) is 0 Å². The Kier molecular flexibility index (Phi) is 6.45. The number of aromatic amines is 1. The van der Waals surface area contributed by atoms with Gasteiger partial charge in [0.1, 0.15) is 11.5 Å². The van der Waals surface area contributed by atoms with Crippen molar-refractivity contribution in [2.24, 2.45) is 5.92 Å². The molecule has 0 spiro atoms. The van der Waals surface area contributed by atoms with Crippen molar-refractivity contribution >= 4 is 5.91 Å². The minimum atomic E-state index is -0.166. The summed E-state index contributed by atoms with van der Waals surface area (Å²) in [6.07, 6.45) is 4.96. The molecule has 1 aromatic heterocycles. The summed E-state index contributed by atoms with van der Waals surface area (Å²) in [5.74, 6) is 0.407. The number of H-pyrrole nitrogens is 1. The largest absolute Gasteiger partial charge is 0.357 e. The maximum absolute atomic E-state index is 13.3. The summed E-state index contributed by atoms with van der Waals surface area (Å²) in [5, 5.41) is 0. The Bertz CT molecular complexity index is 701. The number of benzene rings is 1. The summed E-state index contributed by atoms with van der Waals surface area (Å²) in [7, 11) is 0. The highest BCUT2D eigenvalue weighted by molar-refractivity contribution is 5.92. The van der Waals surface area contributed by atoms with Gasteiger partial charge in [-0.2, -0.15) is 0 Å². The maximum Gasteiger partial charge on any atom is 0.270 e. The average Bonchev–Trinajstić information content (AvgIpc) is 3.19. The van der Waals surface area contributed by atoms with Crippen LogP contribution in [-0.2, 0) is 6.42 Å². The summed E-state index contributed by atoms with van der Waals surface area (Å²) >= 11 is 0. The number of aromatic nitrogens is 1. The first-order chi connectivity index (χ1) is 12.7. The van der Waals surface area contributed by atoms with E-state index < -0.39 is 0 Å². The summed E-state index contributed by atoms with van der Waals surface area (Å²) < 4.78 is 13.3. The highest BCUT2D eigenvalue weighted by Crippen LogP contribution is 2.19. The molecule has 5 heteroatoms. The van der Waals surface area contributed by atoms with Gasteiger partial charge < -0.3 is 14.8 Å². The Morgan fingerprint density at radius 1 is 1.35 bits per heavy atom. The molecular formula is C21H28FN3O. The molecule has 1 unspecified atom stereocenters. The molecular weight excluding hydrogens is 329 g/mol. The number of carbonyl (C=O) groups excluding carboxylic acids is 1. The number of likely N-dealkylation sites (tertiary alicyclic amines) is 1. The van der Waals surface area contributed by atoms with E-state index in [1.165, 1.54) is 6.07 Å². The Balaban J connectivity index is 1.51. The summed E-state index contributed by atoms with van der Waals surface area (Å²) in [6.45, 7) is 6.58. The molecule has 3 rings (SSSR count). The highest BCUT2D eigenvalue weighted by Gasteiger charge is 2.24. The van der Waals surface area contributed by atoms with Gasteiger partial charge in [-0.1, -0.05) is 12.1 Å². The number of hydrogen-bond acceptors (Lipinski definition) is 2. The SMILES string of the molecule is CCN(CC1CCCN(CCc2cccc(F)c2)C1)C(=O)c1ccc[nH]1. The molecule has 1 fully saturated rings. The van der Waals surface area contributed by atoms with E-state index in [0.717, 1.165) is 57.5 Å². The van der Waals surface area contributed by atoms with E-state index in [9.17, 15) is 9.18 Å². The Hall–Kier alpha value is -2.14. The molecule has 1 atom stereocenters. The second kappa shape index (κ2) is 8.99. The van der Waals surface area contributed by atoms with Crippen LogP contribution < -0.4 is 0 Å². The lowest BCUT2D eigenvalue weighted by atomic mass is 9.96. The minimum Gasteiger partial charge on any atom is -0.357 e. The molecule has 1 amide bonds. The van der Waals surface area contributed by atoms with Crippen LogP contribution in [0.2, 0.25) is 0 Å². The number of halogens is 1. The second-order valence-corrected chi connectivity index (χ2v) is 7.12. The van der Waals surface area contributed by atoms with Crippen molar-refractivity contribution in [3.63, 3.8) is 0 Å². The normalized spacial score (nSPS) is 18.0. The first-order valence-electron chi connectivity index (χ1n) is 9.55. The summed E-state index contributed by atoms with van der Waals surface area (Å²) in [6, 6.07) is 10.6. The quantitative estimate of drug-likeness (QED) is 0.823. The van der Waals surface area contributed by atoms with Crippen molar-refractivity contribution in [1.29, 1.82) is 0 Å². The van der Waals surface area contributed by atoms with E-state index in [1.807, 2.05) is 30.0 Å². The third-order valence-corrected chi connectivity index (χ3v) is 5.18. The molecule has 0 radical (unpaired) electrons. The summed E-state index contributed by atoms with van der Waals surface area (Å²) in [5.41, 5.74) is 1.70. The standard InChI is InChI=1S/C21H28FN3O/c1-2-25(21(26)20-9-4-11-23-20)16-18-7-5-12-24(15-18)13-10-17-6-3-8-19(22)14-17/h3-4,6,8-9,11,14,18,23H,2,5,7,10,12-13,15-16H2,1H3. The molecule has 4 nitrogen and oxygen atoms in total. The van der Waals surface area contributed by atoms with Gasteiger partial charge in [-0.15, -0.1) is 0 Å². The fraction of sp³-hybridized carbons (Fsp3) is 0.476. The van der Waals surface area contributed by atoms with Gasteiger partial charge in [0, 0.05) is 32.4 Å². The number of hydrogen-bond donors (Lipinski definition) is 1. The highest BCUT2D eigenvalue weighted by atomic mass is 19.1. The molecule has 1 aliphatic heterocycles. The van der Waals surface area contributed by atoms with E-state index in [0.29, 0.717) is 11.6 Å². The van der Waals surface area contributed by atoms with Gasteiger partial charge in [0.25, 0.3) is 5.91 Å². The van der Waals surface area contributed by atoms with Gasteiger partial charge in [0.05, 0.1) is 0 Å². The number of nitrogens with one attached hydrogen (secondary N) is 1. The van der Waals surface area contributed by atoms with E-state index in [-0.39, 0.29) is 11.7 Å². The zero-order valence-electron chi connectivity index (χ0n) is 15.5. The van der Waals surface area contributed by atoms with E-state index in [2.05, 4.69) is 9.88 Å². The molecule has 0 saturated carbocycles. The van der Waals surface area contributed by atoms with Crippen molar-refractivity contribution in [3.8, 4) is 0 Å². The molecule has 0 aliphatic carbocycles. The van der Waals surface area contributed by atoms with Crippen molar-refractivity contribution < 1.29 is 9.18 Å². The number of rotatable bonds is 7. The molecule has 1 aromatic carbocycles. The molecule has 1 N–H and O–H groups in total. The van der Waals surface area contributed by atoms with Gasteiger partial charge in [0.15, 0.2) is 0 Å². The average molecular weight is 357 g/mol. The lowest BCUT2D eigenvalue weighted by molar-refractivity contribution is 0.0685. The second-order valence-electron chi connectivity index (χ2n) is 7.12. The molecule has 2 aromatic rings. The van der Waals surface area contributed by atoms with E-state index in [1.54, 1.807) is 18.3 Å². The van der Waals surface area contributed by atoms with Crippen LogP contribution in [0.3, 0.4) is 0 Å². The Morgan fingerprint density at radius 2 is 2.23 bits per heavy atom. The number of piperidine rings is 1. The van der Waals surface area contributed by atoms with Crippen LogP contribution in [0, 0.1) is 11.7 Å². The van der Waals surface area contributed by atoms with E-state index in [4.69, 9.17) is 0 Å². The monoisotopic (exact) mass is 357 g/mol. The number of nitrogens with zero attached hydrogens (tertiary/aromatic N) is 2. The van der Waals surface area contributed by atoms with Gasteiger partial charge in [-0.05, 0) is 68.5 Å². The first kappa shape index (κ1) is 18.6. The topological polar surface area (TPSA) is 39.3 Å². The Labute approximate surface area is 155 Å². The van der Waals surface area contributed by atoms with Crippen LogP contribution in [0.25, 0.3) is 0 Å². The van der Waals surface area contributed by atoms with Crippen LogP contribution in [0.1, 0.15) is 35.8 Å². The van der Waals surface area contributed by atoms with E-state index >= 15 is 0 Å². The van der Waals surface area contributed by atoms with Gasteiger partial charge >= 0.3 is 0 Å². The van der Waals surface area contributed by atoms with Gasteiger partial charge in [-0.25, -0.2) is 4.39 Å². The molecule has 2 heterocycles. The van der Waals surface area contributed by atoms with Crippen molar-refractivity contribution in [2.75, 3.05) is 32.7 Å². The smallest absolute Gasteiger partial charge is 0.270 e. The van der Waals surface area contributed by atoms with Crippen LogP contribution >= 0.6 is 0 Å². The third kappa shape index (κ3) is 4.94. The lowest BCUT2D eigenvalue weighted by Crippen LogP contribution is -2.43. The predicted molar refractivity (Wildman–Crippen MR) is 102 cm³/mol. The molecule has 0 bridgehead atoms. The zero-order valence-corrected chi connectivity index (χ0v) is 15.5. The molecule has 1 aliphatic rings. The van der Waals surface area contributed by atoms with Crippen LogP contribution in [0.15, 0.2) is 42.6 Å². The fourth-order valence-electron chi connectivity index (χ4n) is 3.78. The number of carbonyl (C=O) groups is 1. The molecule has 1 saturated heterocycles. The van der Waals surface area contributed by atoms with Crippen molar-refractivity contribution in [3.05, 3.63) is 59.7 Å². The fourth-order valence-corrected chi connectivity index (χ4v) is 3.78. The molecule has 26 heavy (non-hydrogen) atoms. The number of amides is 1. The third-order valence-electron chi connectivity index (χ3n) is 5.18. The van der Waals surface area contributed by atoms with Crippen LogP contribution in [0.4, 0.5) is 4.39 Å². The minimum absolute atomic E-state index is 0.0781. The zero-order chi connectivity index (χ0) is 18.4. The maximum atomic E-state index is 13.3. The Morgan fingerprint density at radius 3 is 2.96 bits per heavy atom. The van der Waals surface area contributed by atoms with Gasteiger partial charge in [-0.3, -0.25) is 4.79 Å². The van der Waals surface area contributed by atoms with Crippen molar-refractivity contribution in [1.82, 2.24) is 14.8 Å². The predicted octanol–water partition coefficient (Wildman–Crippen LogP) is 3.57. The van der Waals surface area contributed by atoms with Crippen molar-refractivity contribution in [2.45, 2.75) is 26.2 Å².